The fraction of sp³-hybridized carbons (Fsp3) is 0.0435. The lowest BCUT2D eigenvalue weighted by atomic mass is 10.0. The number of hydrogen-bond donors (Lipinski definition) is 1. The van der Waals surface area contributed by atoms with Crippen LogP contribution >= 0.6 is 23.2 Å². The maximum atomic E-state index is 13.3. The Hall–Kier alpha value is -3.28. The lowest BCUT2D eigenvalue weighted by Crippen LogP contribution is -2.16. The van der Waals surface area contributed by atoms with Crippen molar-refractivity contribution in [3.63, 3.8) is 0 Å². The zero-order chi connectivity index (χ0) is 21.3. The van der Waals surface area contributed by atoms with Crippen molar-refractivity contribution in [3.8, 4) is 16.9 Å². The smallest absolute Gasteiger partial charge is 0.258 e. The van der Waals surface area contributed by atoms with Crippen LogP contribution in [0.4, 0.5) is 5.88 Å². The highest BCUT2D eigenvalue weighted by molar-refractivity contribution is 6.31. The van der Waals surface area contributed by atoms with Crippen LogP contribution in [0, 0.1) is 0 Å². The molecule has 1 heterocycles. The molecule has 0 atom stereocenters. The van der Waals surface area contributed by atoms with Crippen LogP contribution in [-0.2, 0) is 0 Å². The molecule has 4 aromatic rings. The van der Waals surface area contributed by atoms with E-state index in [1.165, 1.54) is 13.2 Å². The molecule has 0 bridgehead atoms. The molecule has 0 aliphatic carbocycles. The molecule has 150 valence electrons. The molecule has 0 aliphatic heterocycles. The van der Waals surface area contributed by atoms with Crippen LogP contribution in [0.1, 0.15) is 10.4 Å². The number of ether oxygens (including phenoxy) is 1. The van der Waals surface area contributed by atoms with Crippen molar-refractivity contribution in [1.29, 1.82) is 0 Å². The summed E-state index contributed by atoms with van der Waals surface area (Å²) >= 11 is 12.2. The monoisotopic (exact) mass is 439 g/mol. The topological polar surface area (TPSA) is 68.5 Å². The first-order chi connectivity index (χ1) is 14.5. The Balaban J connectivity index is 1.89. The van der Waals surface area contributed by atoms with Gasteiger partial charge in [-0.3, -0.25) is 14.9 Å². The van der Waals surface area contributed by atoms with Gasteiger partial charge >= 0.3 is 0 Å². The SMILES string of the molecule is COc1cccc(C(=O)Nc2oc3ccc(Cl)cc3c(=O)c2-c2cccc(Cl)c2)c1. The van der Waals surface area contributed by atoms with Gasteiger partial charge in [0.1, 0.15) is 11.3 Å². The van der Waals surface area contributed by atoms with E-state index in [0.717, 1.165) is 0 Å². The second-order valence-electron chi connectivity index (χ2n) is 6.47. The Bertz CT molecular complexity index is 1330. The third-order valence-electron chi connectivity index (χ3n) is 4.52. The van der Waals surface area contributed by atoms with E-state index in [2.05, 4.69) is 5.32 Å². The standard InChI is InChI=1S/C23H15Cl2NO4/c1-29-17-7-3-5-14(11-17)22(28)26-23-20(13-4-2-6-15(24)10-13)21(27)18-12-16(25)8-9-19(18)30-23/h2-12H,1H3,(H,26,28). The molecule has 0 aliphatic rings. The van der Waals surface area contributed by atoms with Crippen molar-refractivity contribution < 1.29 is 13.9 Å². The fourth-order valence-electron chi connectivity index (χ4n) is 3.10. The van der Waals surface area contributed by atoms with E-state index < -0.39 is 5.91 Å². The second kappa shape index (κ2) is 8.22. The molecule has 7 heteroatoms. The van der Waals surface area contributed by atoms with Gasteiger partial charge in [0.2, 0.25) is 11.3 Å². The first kappa shape index (κ1) is 20.0. The summed E-state index contributed by atoms with van der Waals surface area (Å²) in [6.45, 7) is 0. The van der Waals surface area contributed by atoms with Crippen molar-refractivity contribution >= 4 is 46.0 Å². The fourth-order valence-corrected chi connectivity index (χ4v) is 3.46. The van der Waals surface area contributed by atoms with E-state index in [9.17, 15) is 9.59 Å². The first-order valence-corrected chi connectivity index (χ1v) is 9.69. The van der Waals surface area contributed by atoms with Crippen molar-refractivity contribution in [1.82, 2.24) is 0 Å². The third-order valence-corrected chi connectivity index (χ3v) is 4.99. The summed E-state index contributed by atoms with van der Waals surface area (Å²) in [5, 5.41) is 3.86. The van der Waals surface area contributed by atoms with Crippen molar-refractivity contribution in [2.75, 3.05) is 12.4 Å². The number of carbonyl (C=O) groups excluding carboxylic acids is 1. The van der Waals surface area contributed by atoms with E-state index >= 15 is 0 Å². The van der Waals surface area contributed by atoms with Crippen LogP contribution in [0.15, 0.2) is 75.9 Å². The minimum Gasteiger partial charge on any atom is -0.497 e. The number of nitrogens with one attached hydrogen (secondary N) is 1. The van der Waals surface area contributed by atoms with Gasteiger partial charge in [0, 0.05) is 15.6 Å². The van der Waals surface area contributed by atoms with E-state index in [1.54, 1.807) is 60.7 Å². The van der Waals surface area contributed by atoms with Crippen LogP contribution in [-0.4, -0.2) is 13.0 Å². The number of benzene rings is 3. The van der Waals surface area contributed by atoms with Gasteiger partial charge in [0.05, 0.1) is 18.1 Å². The highest BCUT2D eigenvalue weighted by Gasteiger charge is 2.20. The van der Waals surface area contributed by atoms with Crippen LogP contribution in [0.25, 0.3) is 22.1 Å². The molecule has 1 aromatic heterocycles. The zero-order valence-electron chi connectivity index (χ0n) is 15.7. The Kier molecular flexibility index (Phi) is 5.48. The Morgan fingerprint density at radius 1 is 0.967 bits per heavy atom. The quantitative estimate of drug-likeness (QED) is 0.421. The molecule has 0 unspecified atom stereocenters. The second-order valence-corrected chi connectivity index (χ2v) is 7.35. The van der Waals surface area contributed by atoms with Gasteiger partial charge in [-0.15, -0.1) is 0 Å². The molecule has 0 saturated heterocycles. The molecule has 0 fully saturated rings. The molecule has 3 aromatic carbocycles. The van der Waals surface area contributed by atoms with Gasteiger partial charge in [-0.1, -0.05) is 41.4 Å². The third kappa shape index (κ3) is 3.90. The van der Waals surface area contributed by atoms with Crippen LogP contribution in [0.2, 0.25) is 10.0 Å². The highest BCUT2D eigenvalue weighted by atomic mass is 35.5. The Morgan fingerprint density at radius 2 is 1.73 bits per heavy atom. The van der Waals surface area contributed by atoms with E-state index in [-0.39, 0.29) is 16.9 Å². The Labute approximate surface area is 181 Å². The molecule has 5 nitrogen and oxygen atoms in total. The number of fused-ring (bicyclic) bond motifs is 1. The number of anilines is 1. The molecule has 0 saturated carbocycles. The number of methoxy groups -OCH3 is 1. The predicted octanol–water partition coefficient (Wildman–Crippen LogP) is 6.03. The van der Waals surface area contributed by atoms with Crippen LogP contribution in [0.5, 0.6) is 5.75 Å². The molecule has 0 radical (unpaired) electrons. The normalized spacial score (nSPS) is 10.8. The largest absolute Gasteiger partial charge is 0.497 e. The molecule has 1 amide bonds. The molecule has 0 spiro atoms. The van der Waals surface area contributed by atoms with Gasteiger partial charge in [-0.05, 0) is 54.1 Å². The van der Waals surface area contributed by atoms with Crippen LogP contribution < -0.4 is 15.5 Å². The van der Waals surface area contributed by atoms with Crippen molar-refractivity contribution in [2.24, 2.45) is 0 Å². The number of carbonyl (C=O) groups is 1. The highest BCUT2D eigenvalue weighted by Crippen LogP contribution is 2.31. The molecule has 1 N–H and O–H groups in total. The Morgan fingerprint density at radius 3 is 2.50 bits per heavy atom. The van der Waals surface area contributed by atoms with E-state index in [1.807, 2.05) is 0 Å². The summed E-state index contributed by atoms with van der Waals surface area (Å²) in [5.41, 5.74) is 1.02. The average Bonchev–Trinajstić information content (AvgIpc) is 2.74. The number of amides is 1. The molecular formula is C23H15Cl2NO4. The van der Waals surface area contributed by atoms with Crippen LogP contribution in [0.3, 0.4) is 0 Å². The molecule has 4 rings (SSSR count). The summed E-state index contributed by atoms with van der Waals surface area (Å²) in [6.07, 6.45) is 0. The van der Waals surface area contributed by atoms with E-state index in [0.29, 0.717) is 37.9 Å². The number of rotatable bonds is 4. The minimum atomic E-state index is -0.450. The summed E-state index contributed by atoms with van der Waals surface area (Å²) in [6, 6.07) is 18.1. The number of hydrogen-bond acceptors (Lipinski definition) is 4. The molecule has 30 heavy (non-hydrogen) atoms. The first-order valence-electron chi connectivity index (χ1n) is 8.94. The molecular weight excluding hydrogens is 425 g/mol. The van der Waals surface area contributed by atoms with Gasteiger partial charge < -0.3 is 9.15 Å². The van der Waals surface area contributed by atoms with Gasteiger partial charge in [0.15, 0.2) is 0 Å². The summed E-state index contributed by atoms with van der Waals surface area (Å²) in [5.74, 6) is 0.103. The maximum absolute atomic E-state index is 13.3. The van der Waals surface area contributed by atoms with Crippen molar-refractivity contribution in [2.45, 2.75) is 0 Å². The summed E-state index contributed by atoms with van der Waals surface area (Å²) in [4.78, 5) is 26.2. The average molecular weight is 440 g/mol. The minimum absolute atomic E-state index is 0.0184. The van der Waals surface area contributed by atoms with Gasteiger partial charge in [0.25, 0.3) is 5.91 Å². The lowest BCUT2D eigenvalue weighted by molar-refractivity contribution is 0.102. The summed E-state index contributed by atoms with van der Waals surface area (Å²) < 4.78 is 11.1. The van der Waals surface area contributed by atoms with Crippen molar-refractivity contribution in [3.05, 3.63) is 92.6 Å². The van der Waals surface area contributed by atoms with Gasteiger partial charge in [-0.25, -0.2) is 0 Å². The number of halogens is 2. The summed E-state index contributed by atoms with van der Waals surface area (Å²) in [7, 11) is 1.52. The zero-order valence-corrected chi connectivity index (χ0v) is 17.3. The van der Waals surface area contributed by atoms with Gasteiger partial charge in [-0.2, -0.15) is 0 Å². The maximum Gasteiger partial charge on any atom is 0.258 e. The van der Waals surface area contributed by atoms with E-state index in [4.69, 9.17) is 32.4 Å². The lowest BCUT2D eigenvalue weighted by Gasteiger charge is -2.12. The predicted molar refractivity (Wildman–Crippen MR) is 119 cm³/mol.